The molecule has 6 heteroatoms. The normalized spacial score (nSPS) is 11.9. The van der Waals surface area contributed by atoms with Crippen LogP contribution in [0, 0.1) is 0 Å². The van der Waals surface area contributed by atoms with E-state index in [1.54, 1.807) is 35.2 Å². The molecule has 1 heterocycles. The van der Waals surface area contributed by atoms with Gasteiger partial charge in [0.25, 0.3) is 5.56 Å². The predicted molar refractivity (Wildman–Crippen MR) is 146 cm³/mol. The van der Waals surface area contributed by atoms with E-state index >= 15 is 0 Å². The van der Waals surface area contributed by atoms with E-state index in [-0.39, 0.29) is 17.0 Å². The highest BCUT2D eigenvalue weighted by Gasteiger charge is 2.17. The molecule has 0 radical (unpaired) electrons. The Morgan fingerprint density at radius 2 is 1.81 bits per heavy atom. The van der Waals surface area contributed by atoms with E-state index in [0.29, 0.717) is 18.5 Å². The number of carbonyl (C=O) groups is 1. The molecular formula is C31H34N2O4. The van der Waals surface area contributed by atoms with Gasteiger partial charge in [0.1, 0.15) is 12.4 Å². The molecule has 37 heavy (non-hydrogen) atoms. The van der Waals surface area contributed by atoms with Gasteiger partial charge < -0.3 is 9.84 Å². The number of rotatable bonds is 12. The van der Waals surface area contributed by atoms with Gasteiger partial charge in [0, 0.05) is 12.5 Å². The van der Waals surface area contributed by atoms with Gasteiger partial charge in [-0.2, -0.15) is 0 Å². The topological polar surface area (TPSA) is 81.4 Å². The van der Waals surface area contributed by atoms with Crippen LogP contribution in [0.4, 0.5) is 0 Å². The molecule has 3 aromatic carbocycles. The lowest BCUT2D eigenvalue weighted by Crippen LogP contribution is -2.24. The highest BCUT2D eigenvalue weighted by atomic mass is 16.5. The van der Waals surface area contributed by atoms with Crippen molar-refractivity contribution < 1.29 is 14.6 Å². The molecule has 0 aliphatic rings. The minimum atomic E-state index is -0.937. The van der Waals surface area contributed by atoms with Crippen molar-refractivity contribution in [2.75, 3.05) is 0 Å². The average molecular weight is 499 g/mol. The number of aromatic nitrogens is 2. The second-order valence-electron chi connectivity index (χ2n) is 9.47. The highest BCUT2D eigenvalue weighted by molar-refractivity contribution is 5.87. The fourth-order valence-corrected chi connectivity index (χ4v) is 4.65. The molecule has 4 rings (SSSR count). The molecule has 6 nitrogen and oxygen atoms in total. The van der Waals surface area contributed by atoms with Crippen LogP contribution in [0.3, 0.4) is 0 Å². The number of fused-ring (bicyclic) bond motifs is 1. The van der Waals surface area contributed by atoms with Gasteiger partial charge in [-0.25, -0.2) is 9.78 Å². The summed E-state index contributed by atoms with van der Waals surface area (Å²) in [4.78, 5) is 28.7. The molecule has 0 saturated heterocycles. The molecular weight excluding hydrogens is 464 g/mol. The van der Waals surface area contributed by atoms with Crippen LogP contribution < -0.4 is 10.3 Å². The fourth-order valence-electron chi connectivity index (χ4n) is 4.65. The standard InChI is InChI=1S/C31H34N2O4/c1-3-5-9-26(19-33-21-32-28-11-7-6-10-27(28)30(33)34)24-16-17-29(25(18-24)8-4-2)37-20-22-12-14-23(15-13-22)31(35)36/h6-7,10-18,21,26H,3-5,8-9,19-20H2,1-2H3,(H,35,36). The molecule has 192 valence electrons. The number of carboxylic acid groups (broad SMARTS) is 1. The first kappa shape index (κ1) is 26.1. The Labute approximate surface area is 217 Å². The second kappa shape index (κ2) is 12.3. The minimum absolute atomic E-state index is 0.00486. The SMILES string of the molecule is CCCCC(Cn1cnc2ccccc2c1=O)c1ccc(OCc2ccc(C(=O)O)cc2)c(CCC)c1. The number of aryl methyl sites for hydroxylation is 1. The summed E-state index contributed by atoms with van der Waals surface area (Å²) < 4.78 is 7.91. The zero-order chi connectivity index (χ0) is 26.2. The van der Waals surface area contributed by atoms with Gasteiger partial charge in [-0.05, 0) is 59.9 Å². The average Bonchev–Trinajstić information content (AvgIpc) is 2.92. The van der Waals surface area contributed by atoms with Gasteiger partial charge >= 0.3 is 5.97 Å². The van der Waals surface area contributed by atoms with E-state index in [1.165, 1.54) is 5.56 Å². The van der Waals surface area contributed by atoms with Crippen molar-refractivity contribution in [2.45, 2.75) is 65.0 Å². The number of nitrogens with zero attached hydrogens (tertiary/aromatic N) is 2. The molecule has 0 saturated carbocycles. The first-order valence-electron chi connectivity index (χ1n) is 13.0. The molecule has 0 amide bonds. The van der Waals surface area contributed by atoms with Crippen LogP contribution in [-0.2, 0) is 19.6 Å². The van der Waals surface area contributed by atoms with E-state index in [4.69, 9.17) is 9.84 Å². The molecule has 0 aliphatic carbocycles. The van der Waals surface area contributed by atoms with Gasteiger partial charge in [-0.3, -0.25) is 9.36 Å². The maximum absolute atomic E-state index is 13.1. The van der Waals surface area contributed by atoms with Gasteiger partial charge in [-0.15, -0.1) is 0 Å². The summed E-state index contributed by atoms with van der Waals surface area (Å²) in [5.74, 6) is 0.0909. The summed E-state index contributed by atoms with van der Waals surface area (Å²) in [6, 6.07) is 20.6. The van der Waals surface area contributed by atoms with Crippen molar-refractivity contribution in [2.24, 2.45) is 0 Å². The van der Waals surface area contributed by atoms with Crippen LogP contribution in [0.2, 0.25) is 0 Å². The smallest absolute Gasteiger partial charge is 0.335 e. The molecule has 4 aromatic rings. The van der Waals surface area contributed by atoms with Gasteiger partial charge in [-0.1, -0.05) is 69.5 Å². The van der Waals surface area contributed by atoms with Crippen molar-refractivity contribution in [1.29, 1.82) is 0 Å². The van der Waals surface area contributed by atoms with E-state index < -0.39 is 5.97 Å². The van der Waals surface area contributed by atoms with Crippen molar-refractivity contribution in [3.63, 3.8) is 0 Å². The molecule has 0 fully saturated rings. The van der Waals surface area contributed by atoms with Crippen molar-refractivity contribution in [3.8, 4) is 5.75 Å². The van der Waals surface area contributed by atoms with E-state index in [9.17, 15) is 9.59 Å². The number of hydrogen-bond acceptors (Lipinski definition) is 4. The number of ether oxygens (including phenoxy) is 1. The summed E-state index contributed by atoms with van der Waals surface area (Å²) in [5, 5.41) is 9.75. The van der Waals surface area contributed by atoms with Crippen molar-refractivity contribution in [1.82, 2.24) is 9.55 Å². The molecule has 1 aromatic heterocycles. The Morgan fingerprint density at radius 3 is 2.54 bits per heavy atom. The number of carboxylic acids is 1. The maximum Gasteiger partial charge on any atom is 0.335 e. The van der Waals surface area contributed by atoms with E-state index in [2.05, 4.69) is 31.0 Å². The quantitative estimate of drug-likeness (QED) is 0.238. The lowest BCUT2D eigenvalue weighted by molar-refractivity contribution is 0.0697. The molecule has 1 N–H and O–H groups in total. The molecule has 0 aliphatic heterocycles. The van der Waals surface area contributed by atoms with Gasteiger partial charge in [0.2, 0.25) is 0 Å². The molecule has 0 spiro atoms. The van der Waals surface area contributed by atoms with Crippen LogP contribution in [-0.4, -0.2) is 20.6 Å². The Morgan fingerprint density at radius 1 is 1.03 bits per heavy atom. The van der Waals surface area contributed by atoms with Crippen LogP contribution in [0.25, 0.3) is 10.9 Å². The molecule has 1 atom stereocenters. The fraction of sp³-hybridized carbons (Fsp3) is 0.323. The number of aromatic carboxylic acids is 1. The lowest BCUT2D eigenvalue weighted by Gasteiger charge is -2.21. The predicted octanol–water partition coefficient (Wildman–Crippen LogP) is 6.60. The van der Waals surface area contributed by atoms with Crippen LogP contribution >= 0.6 is 0 Å². The Hall–Kier alpha value is -3.93. The molecule has 1 unspecified atom stereocenters. The summed E-state index contributed by atoms with van der Waals surface area (Å²) >= 11 is 0. The first-order chi connectivity index (χ1) is 18.0. The van der Waals surface area contributed by atoms with Gasteiger partial charge in [0.05, 0.1) is 22.8 Å². The lowest BCUT2D eigenvalue weighted by atomic mass is 9.91. The van der Waals surface area contributed by atoms with E-state index in [1.807, 2.05) is 30.3 Å². The van der Waals surface area contributed by atoms with Crippen LogP contribution in [0.5, 0.6) is 5.75 Å². The van der Waals surface area contributed by atoms with Gasteiger partial charge in [0.15, 0.2) is 0 Å². The zero-order valence-electron chi connectivity index (χ0n) is 21.5. The second-order valence-corrected chi connectivity index (χ2v) is 9.47. The third kappa shape index (κ3) is 6.45. The molecule has 0 bridgehead atoms. The monoisotopic (exact) mass is 498 g/mol. The van der Waals surface area contributed by atoms with Crippen LogP contribution in [0.15, 0.2) is 77.9 Å². The van der Waals surface area contributed by atoms with Crippen molar-refractivity contribution >= 4 is 16.9 Å². The summed E-state index contributed by atoms with van der Waals surface area (Å²) in [6.45, 7) is 5.28. The van der Waals surface area contributed by atoms with E-state index in [0.717, 1.165) is 54.5 Å². The number of para-hydroxylation sites is 1. The largest absolute Gasteiger partial charge is 0.489 e. The Bertz CT molecular complexity index is 1410. The summed E-state index contributed by atoms with van der Waals surface area (Å²) in [5.41, 5.74) is 4.25. The number of benzene rings is 3. The zero-order valence-corrected chi connectivity index (χ0v) is 21.5. The highest BCUT2D eigenvalue weighted by Crippen LogP contribution is 2.30. The summed E-state index contributed by atoms with van der Waals surface area (Å²) in [6.07, 6.45) is 6.69. The van der Waals surface area contributed by atoms with Crippen molar-refractivity contribution in [3.05, 3.63) is 106 Å². The Balaban J connectivity index is 1.57. The number of unbranched alkanes of at least 4 members (excludes halogenated alkanes) is 1. The third-order valence-corrected chi connectivity index (χ3v) is 6.73. The minimum Gasteiger partial charge on any atom is -0.489 e. The maximum atomic E-state index is 13.1. The van der Waals surface area contributed by atoms with Crippen LogP contribution in [0.1, 0.15) is 72.5 Å². The first-order valence-corrected chi connectivity index (χ1v) is 13.0. The third-order valence-electron chi connectivity index (χ3n) is 6.73. The Kier molecular flexibility index (Phi) is 8.72. The number of hydrogen-bond donors (Lipinski definition) is 1. The summed E-state index contributed by atoms with van der Waals surface area (Å²) in [7, 11) is 0.